The average molecular weight is 375 g/mol. The van der Waals surface area contributed by atoms with Gasteiger partial charge in [0.25, 0.3) is 0 Å². The number of nitrogens with one attached hydrogen (secondary N) is 2. The van der Waals surface area contributed by atoms with Gasteiger partial charge in [-0.25, -0.2) is 13.1 Å². The lowest BCUT2D eigenvalue weighted by Crippen LogP contribution is -2.30. The van der Waals surface area contributed by atoms with E-state index in [4.69, 9.17) is 0 Å². The van der Waals surface area contributed by atoms with Crippen LogP contribution in [0.15, 0.2) is 27.6 Å². The van der Waals surface area contributed by atoms with Gasteiger partial charge in [-0.15, -0.1) is 0 Å². The zero-order chi connectivity index (χ0) is 15.3. The first-order chi connectivity index (χ1) is 10.0. The average Bonchev–Trinajstić information content (AvgIpc) is 2.46. The molecule has 1 fully saturated rings. The molecule has 0 bridgehead atoms. The number of halogens is 1. The summed E-state index contributed by atoms with van der Waals surface area (Å²) in [5, 5.41) is 3.05. The topological polar surface area (TPSA) is 58.2 Å². The lowest BCUT2D eigenvalue weighted by molar-refractivity contribution is 0.357. The van der Waals surface area contributed by atoms with Gasteiger partial charge >= 0.3 is 0 Å². The van der Waals surface area contributed by atoms with Crippen molar-refractivity contribution in [3.05, 3.63) is 28.2 Å². The Bertz CT molecular complexity index is 569. The van der Waals surface area contributed by atoms with E-state index in [0.29, 0.717) is 28.4 Å². The van der Waals surface area contributed by atoms with Gasteiger partial charge in [-0.1, -0.05) is 25.3 Å². The summed E-state index contributed by atoms with van der Waals surface area (Å²) in [6.07, 6.45) is 5.97. The van der Waals surface area contributed by atoms with Gasteiger partial charge in [0.15, 0.2) is 0 Å². The van der Waals surface area contributed by atoms with Crippen LogP contribution in [0.1, 0.15) is 37.7 Å². The van der Waals surface area contributed by atoms with Crippen molar-refractivity contribution in [2.45, 2.75) is 43.5 Å². The van der Waals surface area contributed by atoms with Crippen molar-refractivity contribution in [1.29, 1.82) is 0 Å². The minimum absolute atomic E-state index is 0.318. The second kappa shape index (κ2) is 7.72. The van der Waals surface area contributed by atoms with Crippen molar-refractivity contribution in [3.63, 3.8) is 0 Å². The van der Waals surface area contributed by atoms with Crippen LogP contribution in [-0.4, -0.2) is 22.0 Å². The number of hydrogen-bond acceptors (Lipinski definition) is 3. The quantitative estimate of drug-likeness (QED) is 0.804. The molecule has 6 heteroatoms. The molecule has 118 valence electrons. The summed E-state index contributed by atoms with van der Waals surface area (Å²) in [4.78, 5) is 0.318. The predicted octanol–water partition coefficient (Wildman–Crippen LogP) is 3.03. The molecular weight excluding hydrogens is 352 g/mol. The minimum Gasteiger partial charge on any atom is -0.316 e. The Morgan fingerprint density at radius 2 is 1.95 bits per heavy atom. The van der Waals surface area contributed by atoms with Crippen molar-refractivity contribution in [2.24, 2.45) is 5.92 Å². The Kier molecular flexibility index (Phi) is 6.22. The highest BCUT2D eigenvalue weighted by Crippen LogP contribution is 2.25. The third-order valence-corrected chi connectivity index (χ3v) is 6.35. The Hall–Kier alpha value is -0.430. The summed E-state index contributed by atoms with van der Waals surface area (Å²) in [6.45, 7) is 1.27. The van der Waals surface area contributed by atoms with Gasteiger partial charge in [-0.05, 0) is 59.4 Å². The molecule has 2 rings (SSSR count). The second-order valence-electron chi connectivity index (χ2n) is 5.65. The van der Waals surface area contributed by atoms with E-state index in [1.807, 2.05) is 19.2 Å². The molecule has 0 amide bonds. The van der Waals surface area contributed by atoms with Crippen LogP contribution in [0.5, 0.6) is 0 Å². The summed E-state index contributed by atoms with van der Waals surface area (Å²) in [6, 6.07) is 5.36. The molecule has 1 saturated carbocycles. The van der Waals surface area contributed by atoms with Crippen molar-refractivity contribution in [3.8, 4) is 0 Å². The Morgan fingerprint density at radius 3 is 2.57 bits per heavy atom. The molecule has 1 aliphatic rings. The first-order valence-corrected chi connectivity index (χ1v) is 9.73. The van der Waals surface area contributed by atoms with Gasteiger partial charge in [-0.2, -0.15) is 0 Å². The normalized spacial score (nSPS) is 17.0. The molecule has 1 aromatic carbocycles. The Morgan fingerprint density at radius 1 is 1.24 bits per heavy atom. The van der Waals surface area contributed by atoms with Gasteiger partial charge in [0.05, 0.1) is 4.90 Å². The van der Waals surface area contributed by atoms with Crippen LogP contribution < -0.4 is 10.0 Å². The molecule has 1 aromatic rings. The molecule has 0 saturated heterocycles. The Balaban J connectivity index is 2.04. The number of benzene rings is 1. The Labute approximate surface area is 135 Å². The maximum absolute atomic E-state index is 12.4. The van der Waals surface area contributed by atoms with Crippen LogP contribution in [0, 0.1) is 5.92 Å². The van der Waals surface area contributed by atoms with Gasteiger partial charge in [0.1, 0.15) is 0 Å². The third-order valence-electron chi connectivity index (χ3n) is 3.95. The summed E-state index contributed by atoms with van der Waals surface area (Å²) >= 11 is 3.37. The molecule has 0 atom stereocenters. The van der Waals surface area contributed by atoms with Crippen molar-refractivity contribution < 1.29 is 8.42 Å². The molecule has 0 aliphatic heterocycles. The third kappa shape index (κ3) is 4.77. The van der Waals surface area contributed by atoms with Gasteiger partial charge in [0.2, 0.25) is 10.0 Å². The maximum Gasteiger partial charge on any atom is 0.241 e. The van der Waals surface area contributed by atoms with E-state index in [-0.39, 0.29) is 0 Å². The fourth-order valence-electron chi connectivity index (χ4n) is 2.77. The first kappa shape index (κ1) is 16.9. The van der Waals surface area contributed by atoms with Crippen LogP contribution in [0.4, 0.5) is 0 Å². The molecule has 0 spiro atoms. The van der Waals surface area contributed by atoms with Crippen LogP contribution in [0.25, 0.3) is 0 Å². The lowest BCUT2D eigenvalue weighted by Gasteiger charge is -2.21. The van der Waals surface area contributed by atoms with Gasteiger partial charge in [-0.3, -0.25) is 0 Å². The van der Waals surface area contributed by atoms with Crippen LogP contribution in [-0.2, 0) is 16.6 Å². The fourth-order valence-corrected chi connectivity index (χ4v) is 5.01. The zero-order valence-electron chi connectivity index (χ0n) is 12.4. The smallest absolute Gasteiger partial charge is 0.241 e. The summed E-state index contributed by atoms with van der Waals surface area (Å²) < 4.78 is 28.2. The standard InChI is InChI=1S/C15H23BrN2O2S/c1-17-10-13-7-8-15(14(16)9-13)21(19,20)18-11-12-5-3-2-4-6-12/h7-9,12,17-18H,2-6,10-11H2,1H3. The van der Waals surface area contributed by atoms with E-state index >= 15 is 0 Å². The van der Waals surface area contributed by atoms with E-state index in [2.05, 4.69) is 26.0 Å². The molecule has 2 N–H and O–H groups in total. The highest BCUT2D eigenvalue weighted by Gasteiger charge is 2.20. The minimum atomic E-state index is -3.44. The van der Waals surface area contributed by atoms with Crippen LogP contribution in [0.3, 0.4) is 0 Å². The molecule has 0 unspecified atom stereocenters. The molecule has 0 aromatic heterocycles. The molecule has 0 radical (unpaired) electrons. The predicted molar refractivity (Wildman–Crippen MR) is 88.7 cm³/mol. The van der Waals surface area contributed by atoms with Crippen LogP contribution in [0.2, 0.25) is 0 Å². The zero-order valence-corrected chi connectivity index (χ0v) is 14.8. The van der Waals surface area contributed by atoms with Crippen molar-refractivity contribution in [1.82, 2.24) is 10.0 Å². The van der Waals surface area contributed by atoms with Crippen molar-refractivity contribution >= 4 is 26.0 Å². The number of sulfonamides is 1. The molecule has 21 heavy (non-hydrogen) atoms. The van der Waals surface area contributed by atoms with E-state index in [9.17, 15) is 8.42 Å². The van der Waals surface area contributed by atoms with E-state index < -0.39 is 10.0 Å². The summed E-state index contributed by atoms with van der Waals surface area (Å²) in [5.41, 5.74) is 1.05. The molecular formula is C15H23BrN2O2S. The van der Waals surface area contributed by atoms with Crippen LogP contribution >= 0.6 is 15.9 Å². The SMILES string of the molecule is CNCc1ccc(S(=O)(=O)NCC2CCCCC2)c(Br)c1. The van der Waals surface area contributed by atoms with Gasteiger partial charge in [0, 0.05) is 17.6 Å². The highest BCUT2D eigenvalue weighted by molar-refractivity contribution is 9.10. The lowest BCUT2D eigenvalue weighted by atomic mass is 9.90. The molecule has 0 heterocycles. The molecule has 4 nitrogen and oxygen atoms in total. The highest BCUT2D eigenvalue weighted by atomic mass is 79.9. The fraction of sp³-hybridized carbons (Fsp3) is 0.600. The maximum atomic E-state index is 12.4. The number of rotatable bonds is 6. The number of hydrogen-bond donors (Lipinski definition) is 2. The van der Waals surface area contributed by atoms with E-state index in [0.717, 1.165) is 18.4 Å². The van der Waals surface area contributed by atoms with E-state index in [1.54, 1.807) is 6.07 Å². The van der Waals surface area contributed by atoms with E-state index in [1.165, 1.54) is 19.3 Å². The van der Waals surface area contributed by atoms with Crippen molar-refractivity contribution in [2.75, 3.05) is 13.6 Å². The summed E-state index contributed by atoms with van der Waals surface area (Å²) in [7, 11) is -1.57. The first-order valence-electron chi connectivity index (χ1n) is 7.45. The monoisotopic (exact) mass is 374 g/mol. The molecule has 1 aliphatic carbocycles. The largest absolute Gasteiger partial charge is 0.316 e. The second-order valence-corrected chi connectivity index (χ2v) is 8.24. The summed E-state index contributed by atoms with van der Waals surface area (Å²) in [5.74, 6) is 0.482. The van der Waals surface area contributed by atoms with Gasteiger partial charge < -0.3 is 5.32 Å².